The summed E-state index contributed by atoms with van der Waals surface area (Å²) in [5, 5.41) is 1.02. The fourth-order valence-electron chi connectivity index (χ4n) is 1.26. The zero-order chi connectivity index (χ0) is 11.4. The van der Waals surface area contributed by atoms with E-state index in [9.17, 15) is 0 Å². The number of benzene rings is 1. The minimum absolute atomic E-state index is 0.679. The molecule has 0 aliphatic rings. The van der Waals surface area contributed by atoms with E-state index in [2.05, 4.69) is 4.98 Å². The number of anilines is 1. The maximum absolute atomic E-state index is 5.81. The number of nitrogens with zero attached hydrogens (tertiary/aromatic N) is 1. The second kappa shape index (κ2) is 4.98. The van der Waals surface area contributed by atoms with E-state index in [-0.39, 0.29) is 0 Å². The SMILES string of the molecule is CC.COc1cc(N)c2nc(C)sc2c1. The molecule has 3 nitrogen and oxygen atoms in total. The van der Waals surface area contributed by atoms with Crippen LogP contribution >= 0.6 is 11.3 Å². The van der Waals surface area contributed by atoms with Gasteiger partial charge in [0.2, 0.25) is 0 Å². The van der Waals surface area contributed by atoms with Gasteiger partial charge in [-0.05, 0) is 13.0 Å². The first-order valence-electron chi connectivity index (χ1n) is 4.91. The monoisotopic (exact) mass is 224 g/mol. The van der Waals surface area contributed by atoms with Crippen LogP contribution in [0.2, 0.25) is 0 Å². The van der Waals surface area contributed by atoms with E-state index in [1.807, 2.05) is 26.8 Å². The molecule has 0 amide bonds. The van der Waals surface area contributed by atoms with Gasteiger partial charge in [0, 0.05) is 6.07 Å². The van der Waals surface area contributed by atoms with Crippen molar-refractivity contribution in [3.05, 3.63) is 17.1 Å². The van der Waals surface area contributed by atoms with Gasteiger partial charge in [0.1, 0.15) is 11.3 Å². The smallest absolute Gasteiger partial charge is 0.122 e. The van der Waals surface area contributed by atoms with Crippen LogP contribution in [-0.4, -0.2) is 12.1 Å². The number of methoxy groups -OCH3 is 1. The molecule has 0 unspecified atom stereocenters. The summed E-state index contributed by atoms with van der Waals surface area (Å²) in [5.74, 6) is 0.786. The number of thiazole rings is 1. The molecular weight excluding hydrogens is 208 g/mol. The molecule has 1 aromatic carbocycles. The fourth-order valence-corrected chi connectivity index (χ4v) is 2.15. The quantitative estimate of drug-likeness (QED) is 0.756. The van der Waals surface area contributed by atoms with E-state index in [0.29, 0.717) is 5.69 Å². The zero-order valence-corrected chi connectivity index (χ0v) is 10.3. The lowest BCUT2D eigenvalue weighted by Gasteiger charge is -2.00. The molecule has 0 saturated heterocycles. The predicted octanol–water partition coefficient (Wildman–Crippen LogP) is 3.22. The van der Waals surface area contributed by atoms with Crippen LogP contribution in [0.15, 0.2) is 12.1 Å². The summed E-state index contributed by atoms with van der Waals surface area (Å²) < 4.78 is 6.19. The lowest BCUT2D eigenvalue weighted by molar-refractivity contribution is 0.415. The number of nitrogens with two attached hydrogens (primary N) is 1. The number of aryl methyl sites for hydroxylation is 1. The van der Waals surface area contributed by atoms with Crippen molar-refractivity contribution < 1.29 is 4.74 Å². The van der Waals surface area contributed by atoms with Gasteiger partial charge in [-0.1, -0.05) is 13.8 Å². The maximum atomic E-state index is 5.81. The van der Waals surface area contributed by atoms with Crippen LogP contribution in [0.1, 0.15) is 18.9 Å². The molecule has 0 spiro atoms. The summed E-state index contributed by atoms with van der Waals surface area (Å²) >= 11 is 1.62. The molecule has 15 heavy (non-hydrogen) atoms. The van der Waals surface area contributed by atoms with Crippen LogP contribution < -0.4 is 10.5 Å². The molecule has 0 aliphatic carbocycles. The molecule has 0 aliphatic heterocycles. The number of hydrogen-bond acceptors (Lipinski definition) is 4. The Morgan fingerprint density at radius 2 is 2.00 bits per heavy atom. The number of nitrogen functional groups attached to an aromatic ring is 1. The molecular formula is C11H16N2OS. The molecule has 1 aromatic heterocycles. The highest BCUT2D eigenvalue weighted by Gasteiger charge is 2.05. The average molecular weight is 224 g/mol. The standard InChI is InChI=1S/C9H10N2OS.C2H6/c1-5-11-9-7(10)3-6(12-2)4-8(9)13-5;1-2/h3-4H,10H2,1-2H3;1-2H3. The van der Waals surface area contributed by atoms with Crippen molar-refractivity contribution in [3.8, 4) is 5.75 Å². The summed E-state index contributed by atoms with van der Waals surface area (Å²) in [6.07, 6.45) is 0. The Hall–Kier alpha value is -1.29. The summed E-state index contributed by atoms with van der Waals surface area (Å²) in [6, 6.07) is 3.75. The van der Waals surface area contributed by atoms with E-state index in [0.717, 1.165) is 21.0 Å². The highest BCUT2D eigenvalue weighted by molar-refractivity contribution is 7.18. The second-order valence-corrected chi connectivity index (χ2v) is 4.03. The lowest BCUT2D eigenvalue weighted by atomic mass is 10.3. The van der Waals surface area contributed by atoms with Crippen molar-refractivity contribution in [1.82, 2.24) is 4.98 Å². The third-order valence-electron chi connectivity index (χ3n) is 1.84. The van der Waals surface area contributed by atoms with Gasteiger partial charge >= 0.3 is 0 Å². The Labute approximate surface area is 93.9 Å². The van der Waals surface area contributed by atoms with Gasteiger partial charge in [-0.3, -0.25) is 0 Å². The van der Waals surface area contributed by atoms with Crippen molar-refractivity contribution in [1.29, 1.82) is 0 Å². The molecule has 82 valence electrons. The molecule has 0 atom stereocenters. The van der Waals surface area contributed by atoms with Crippen molar-refractivity contribution in [3.63, 3.8) is 0 Å². The van der Waals surface area contributed by atoms with Gasteiger partial charge in [0.15, 0.2) is 0 Å². The van der Waals surface area contributed by atoms with Crippen LogP contribution in [0.3, 0.4) is 0 Å². The van der Waals surface area contributed by atoms with Gasteiger partial charge in [-0.25, -0.2) is 4.98 Å². The minimum Gasteiger partial charge on any atom is -0.497 e. The summed E-state index contributed by atoms with van der Waals surface area (Å²) in [7, 11) is 1.63. The van der Waals surface area contributed by atoms with Gasteiger partial charge < -0.3 is 10.5 Å². The Balaban J connectivity index is 0.000000531. The average Bonchev–Trinajstić information content (AvgIpc) is 2.62. The molecule has 4 heteroatoms. The van der Waals surface area contributed by atoms with Crippen LogP contribution in [0.4, 0.5) is 5.69 Å². The second-order valence-electron chi connectivity index (χ2n) is 2.80. The van der Waals surface area contributed by atoms with Crippen molar-refractivity contribution in [2.75, 3.05) is 12.8 Å². The van der Waals surface area contributed by atoms with E-state index in [1.54, 1.807) is 24.5 Å². The number of fused-ring (bicyclic) bond motifs is 1. The highest BCUT2D eigenvalue weighted by atomic mass is 32.1. The number of rotatable bonds is 1. The predicted molar refractivity (Wildman–Crippen MR) is 66.7 cm³/mol. The fraction of sp³-hybridized carbons (Fsp3) is 0.364. The molecule has 1 heterocycles. The topological polar surface area (TPSA) is 48.1 Å². The summed E-state index contributed by atoms with van der Waals surface area (Å²) in [5.41, 5.74) is 7.37. The van der Waals surface area contributed by atoms with E-state index >= 15 is 0 Å². The highest BCUT2D eigenvalue weighted by Crippen LogP contribution is 2.30. The Kier molecular flexibility index (Phi) is 3.91. The van der Waals surface area contributed by atoms with E-state index < -0.39 is 0 Å². The van der Waals surface area contributed by atoms with E-state index in [4.69, 9.17) is 10.5 Å². The minimum atomic E-state index is 0.679. The number of hydrogen-bond donors (Lipinski definition) is 1. The molecule has 0 fully saturated rings. The normalized spacial score (nSPS) is 9.60. The number of ether oxygens (including phenoxy) is 1. The largest absolute Gasteiger partial charge is 0.497 e. The first kappa shape index (κ1) is 11.8. The van der Waals surface area contributed by atoms with Gasteiger partial charge in [-0.2, -0.15) is 0 Å². The van der Waals surface area contributed by atoms with Crippen molar-refractivity contribution in [2.45, 2.75) is 20.8 Å². The van der Waals surface area contributed by atoms with Gasteiger partial charge in [-0.15, -0.1) is 11.3 Å². The summed E-state index contributed by atoms with van der Waals surface area (Å²) in [6.45, 7) is 5.97. The molecule has 2 N–H and O–H groups in total. The van der Waals surface area contributed by atoms with Crippen LogP contribution in [0.25, 0.3) is 10.2 Å². The molecule has 2 aromatic rings. The van der Waals surface area contributed by atoms with Crippen molar-refractivity contribution >= 4 is 27.2 Å². The molecule has 0 saturated carbocycles. The summed E-state index contributed by atoms with van der Waals surface area (Å²) in [4.78, 5) is 4.33. The lowest BCUT2D eigenvalue weighted by Crippen LogP contribution is -1.89. The Bertz CT molecular complexity index is 451. The number of aromatic nitrogens is 1. The van der Waals surface area contributed by atoms with Crippen molar-refractivity contribution in [2.24, 2.45) is 0 Å². The Morgan fingerprint density at radius 3 is 2.60 bits per heavy atom. The van der Waals surface area contributed by atoms with E-state index in [1.165, 1.54) is 0 Å². The van der Waals surface area contributed by atoms with Crippen LogP contribution in [0.5, 0.6) is 5.75 Å². The van der Waals surface area contributed by atoms with Gasteiger partial charge in [0.25, 0.3) is 0 Å². The van der Waals surface area contributed by atoms with Gasteiger partial charge in [0.05, 0.1) is 22.5 Å². The Morgan fingerprint density at radius 1 is 1.33 bits per heavy atom. The van der Waals surface area contributed by atoms with Crippen LogP contribution in [0, 0.1) is 6.92 Å². The zero-order valence-electron chi connectivity index (χ0n) is 9.50. The molecule has 2 rings (SSSR count). The third-order valence-corrected chi connectivity index (χ3v) is 2.76. The maximum Gasteiger partial charge on any atom is 0.122 e. The third kappa shape index (κ3) is 2.39. The first-order chi connectivity index (χ1) is 7.20. The molecule has 0 bridgehead atoms. The molecule has 0 radical (unpaired) electrons. The first-order valence-corrected chi connectivity index (χ1v) is 5.73. The van der Waals surface area contributed by atoms with Crippen LogP contribution in [-0.2, 0) is 0 Å².